The van der Waals surface area contributed by atoms with Crippen molar-refractivity contribution >= 4 is 11.6 Å². The van der Waals surface area contributed by atoms with Gasteiger partial charge < -0.3 is 4.42 Å². The molecule has 0 spiro atoms. The summed E-state index contributed by atoms with van der Waals surface area (Å²) in [5, 5.41) is 8.92. The standard InChI is InChI=1S/C15H20ClN3O/c1-3-5-10-19(4-2)11-14-17-18-15(20-14)12-6-8-13(16)9-7-12/h6-9H,3-5,10-11H2,1-2H3. The van der Waals surface area contributed by atoms with Gasteiger partial charge in [-0.25, -0.2) is 0 Å². The lowest BCUT2D eigenvalue weighted by atomic mass is 10.2. The smallest absolute Gasteiger partial charge is 0.247 e. The van der Waals surface area contributed by atoms with Crippen LogP contribution in [-0.2, 0) is 6.54 Å². The van der Waals surface area contributed by atoms with Crippen molar-refractivity contribution in [2.45, 2.75) is 33.2 Å². The molecule has 0 bridgehead atoms. The van der Waals surface area contributed by atoms with Gasteiger partial charge in [-0.2, -0.15) is 0 Å². The average Bonchev–Trinajstić information content (AvgIpc) is 2.92. The fraction of sp³-hybridized carbons (Fsp3) is 0.467. The third-order valence-electron chi connectivity index (χ3n) is 3.19. The number of hydrogen-bond acceptors (Lipinski definition) is 4. The zero-order chi connectivity index (χ0) is 14.4. The topological polar surface area (TPSA) is 42.2 Å². The maximum Gasteiger partial charge on any atom is 0.247 e. The van der Waals surface area contributed by atoms with Crippen LogP contribution in [0.1, 0.15) is 32.6 Å². The third kappa shape index (κ3) is 4.05. The molecule has 0 aliphatic rings. The maximum absolute atomic E-state index is 5.87. The summed E-state index contributed by atoms with van der Waals surface area (Å²) in [5.74, 6) is 1.20. The molecular formula is C15H20ClN3O. The summed E-state index contributed by atoms with van der Waals surface area (Å²) < 4.78 is 5.71. The predicted octanol–water partition coefficient (Wildman–Crippen LogP) is 4.01. The monoisotopic (exact) mass is 293 g/mol. The third-order valence-corrected chi connectivity index (χ3v) is 3.44. The van der Waals surface area contributed by atoms with Crippen LogP contribution < -0.4 is 0 Å². The summed E-state index contributed by atoms with van der Waals surface area (Å²) in [5.41, 5.74) is 0.893. The van der Waals surface area contributed by atoms with E-state index in [2.05, 4.69) is 28.9 Å². The second kappa shape index (κ2) is 7.41. The van der Waals surface area contributed by atoms with Crippen molar-refractivity contribution in [3.05, 3.63) is 35.2 Å². The summed E-state index contributed by atoms with van der Waals surface area (Å²) in [6, 6.07) is 7.41. The highest BCUT2D eigenvalue weighted by atomic mass is 35.5. The predicted molar refractivity (Wildman–Crippen MR) is 80.6 cm³/mol. The van der Waals surface area contributed by atoms with Crippen LogP contribution in [0.5, 0.6) is 0 Å². The van der Waals surface area contributed by atoms with Gasteiger partial charge in [-0.15, -0.1) is 10.2 Å². The molecule has 0 aliphatic heterocycles. The van der Waals surface area contributed by atoms with Gasteiger partial charge in [-0.1, -0.05) is 31.9 Å². The van der Waals surface area contributed by atoms with E-state index in [1.54, 1.807) is 0 Å². The number of rotatable bonds is 7. The molecule has 0 saturated heterocycles. The summed E-state index contributed by atoms with van der Waals surface area (Å²) in [6.07, 6.45) is 2.38. The van der Waals surface area contributed by atoms with Gasteiger partial charge >= 0.3 is 0 Å². The van der Waals surface area contributed by atoms with Crippen molar-refractivity contribution in [1.82, 2.24) is 15.1 Å². The van der Waals surface area contributed by atoms with Gasteiger partial charge in [0.05, 0.1) is 6.54 Å². The second-order valence-corrected chi connectivity index (χ2v) is 5.17. The number of aromatic nitrogens is 2. The minimum Gasteiger partial charge on any atom is -0.419 e. The van der Waals surface area contributed by atoms with Crippen molar-refractivity contribution in [3.63, 3.8) is 0 Å². The molecule has 0 atom stereocenters. The molecule has 5 heteroatoms. The van der Waals surface area contributed by atoms with Gasteiger partial charge in [-0.05, 0) is 43.8 Å². The van der Waals surface area contributed by atoms with E-state index in [1.807, 2.05) is 24.3 Å². The molecular weight excluding hydrogens is 274 g/mol. The minimum absolute atomic E-state index is 0.545. The number of unbranched alkanes of at least 4 members (excludes halogenated alkanes) is 1. The Morgan fingerprint density at radius 2 is 1.90 bits per heavy atom. The highest BCUT2D eigenvalue weighted by molar-refractivity contribution is 6.30. The Balaban J connectivity index is 2.02. The van der Waals surface area contributed by atoms with Gasteiger partial charge in [-0.3, -0.25) is 4.90 Å². The van der Waals surface area contributed by atoms with E-state index in [-0.39, 0.29) is 0 Å². The summed E-state index contributed by atoms with van der Waals surface area (Å²) in [4.78, 5) is 2.31. The Kier molecular flexibility index (Phi) is 5.56. The highest BCUT2D eigenvalue weighted by Gasteiger charge is 2.11. The van der Waals surface area contributed by atoms with Crippen molar-refractivity contribution < 1.29 is 4.42 Å². The van der Waals surface area contributed by atoms with Crippen LogP contribution in [0.4, 0.5) is 0 Å². The Labute approximate surface area is 124 Å². The first kappa shape index (κ1) is 15.0. The Bertz CT molecular complexity index is 524. The molecule has 0 amide bonds. The van der Waals surface area contributed by atoms with Crippen LogP contribution in [0, 0.1) is 0 Å². The first-order chi connectivity index (χ1) is 9.72. The summed E-state index contributed by atoms with van der Waals surface area (Å²) >= 11 is 5.87. The van der Waals surface area contributed by atoms with E-state index in [0.29, 0.717) is 23.3 Å². The minimum atomic E-state index is 0.545. The lowest BCUT2D eigenvalue weighted by Gasteiger charge is -2.17. The Morgan fingerprint density at radius 1 is 1.15 bits per heavy atom. The van der Waals surface area contributed by atoms with Crippen LogP contribution in [0.2, 0.25) is 5.02 Å². The molecule has 0 N–H and O–H groups in total. The zero-order valence-corrected chi connectivity index (χ0v) is 12.7. The van der Waals surface area contributed by atoms with Crippen molar-refractivity contribution in [1.29, 1.82) is 0 Å². The molecule has 0 fully saturated rings. The molecule has 0 aliphatic carbocycles. The Hall–Kier alpha value is -1.39. The first-order valence-corrected chi connectivity index (χ1v) is 7.41. The molecule has 1 aromatic carbocycles. The van der Waals surface area contributed by atoms with Gasteiger partial charge in [0.2, 0.25) is 11.8 Å². The van der Waals surface area contributed by atoms with Crippen LogP contribution >= 0.6 is 11.6 Å². The van der Waals surface area contributed by atoms with Gasteiger partial charge in [0.1, 0.15) is 0 Å². The molecule has 0 radical (unpaired) electrons. The summed E-state index contributed by atoms with van der Waals surface area (Å²) in [7, 11) is 0. The van der Waals surface area contributed by atoms with Crippen molar-refractivity contribution in [2.24, 2.45) is 0 Å². The van der Waals surface area contributed by atoms with Crippen molar-refractivity contribution in [2.75, 3.05) is 13.1 Å². The van der Waals surface area contributed by atoms with E-state index >= 15 is 0 Å². The van der Waals surface area contributed by atoms with Crippen LogP contribution in [0.15, 0.2) is 28.7 Å². The Morgan fingerprint density at radius 3 is 2.55 bits per heavy atom. The molecule has 2 aromatic rings. The quantitative estimate of drug-likeness (QED) is 0.773. The number of hydrogen-bond donors (Lipinski definition) is 0. The largest absolute Gasteiger partial charge is 0.419 e. The SMILES string of the molecule is CCCCN(CC)Cc1nnc(-c2ccc(Cl)cc2)o1. The molecule has 4 nitrogen and oxygen atoms in total. The molecule has 1 aromatic heterocycles. The van der Waals surface area contributed by atoms with Crippen LogP contribution in [-0.4, -0.2) is 28.2 Å². The van der Waals surface area contributed by atoms with Gasteiger partial charge in [0.15, 0.2) is 0 Å². The van der Waals surface area contributed by atoms with Crippen LogP contribution in [0.3, 0.4) is 0 Å². The van der Waals surface area contributed by atoms with E-state index in [0.717, 1.165) is 18.7 Å². The summed E-state index contributed by atoms with van der Waals surface area (Å²) in [6.45, 7) is 7.09. The average molecular weight is 294 g/mol. The molecule has 1 heterocycles. The van der Waals surface area contributed by atoms with Crippen molar-refractivity contribution in [3.8, 4) is 11.5 Å². The zero-order valence-electron chi connectivity index (χ0n) is 12.0. The van der Waals surface area contributed by atoms with Crippen LogP contribution in [0.25, 0.3) is 11.5 Å². The van der Waals surface area contributed by atoms with E-state index < -0.39 is 0 Å². The molecule has 20 heavy (non-hydrogen) atoms. The number of benzene rings is 1. The molecule has 0 saturated carbocycles. The lowest BCUT2D eigenvalue weighted by Crippen LogP contribution is -2.24. The van der Waals surface area contributed by atoms with E-state index in [4.69, 9.17) is 16.0 Å². The normalized spacial score (nSPS) is 11.2. The molecule has 0 unspecified atom stereocenters. The van der Waals surface area contributed by atoms with E-state index in [9.17, 15) is 0 Å². The number of halogens is 1. The highest BCUT2D eigenvalue weighted by Crippen LogP contribution is 2.20. The first-order valence-electron chi connectivity index (χ1n) is 7.03. The van der Waals surface area contributed by atoms with E-state index in [1.165, 1.54) is 12.8 Å². The van der Waals surface area contributed by atoms with Gasteiger partial charge in [0.25, 0.3) is 0 Å². The van der Waals surface area contributed by atoms with Gasteiger partial charge in [0, 0.05) is 10.6 Å². The fourth-order valence-corrected chi connectivity index (χ4v) is 2.07. The molecule has 108 valence electrons. The fourth-order valence-electron chi connectivity index (χ4n) is 1.95. The second-order valence-electron chi connectivity index (χ2n) is 4.73. The molecule has 2 rings (SSSR count). The maximum atomic E-state index is 5.87. The lowest BCUT2D eigenvalue weighted by molar-refractivity contribution is 0.248. The number of nitrogens with zero attached hydrogens (tertiary/aromatic N) is 3.